The number of nitro groups is 1. The molecule has 0 aliphatic carbocycles. The highest BCUT2D eigenvalue weighted by Gasteiger charge is 2.64. The molecule has 0 N–H and O–H groups in total. The van der Waals surface area contributed by atoms with E-state index < -0.39 is 40.7 Å². The molecule has 0 saturated carbocycles. The molecule has 6 rings (SSSR count). The smallest absolute Gasteiger partial charge is 0.269 e. The molecule has 2 amide bonds. The number of amides is 2. The number of rotatable bonds is 4. The van der Waals surface area contributed by atoms with Gasteiger partial charge < -0.3 is 4.90 Å². The molecule has 2 saturated heterocycles. The second-order valence-corrected chi connectivity index (χ2v) is 9.30. The summed E-state index contributed by atoms with van der Waals surface area (Å²) in [6, 6.07) is 19.2. The molecule has 0 unspecified atom stereocenters. The van der Waals surface area contributed by atoms with Crippen LogP contribution in [0.2, 0.25) is 0 Å². The van der Waals surface area contributed by atoms with Crippen LogP contribution in [-0.2, 0) is 9.59 Å². The zero-order valence-electron chi connectivity index (χ0n) is 19.3. The summed E-state index contributed by atoms with van der Waals surface area (Å²) >= 11 is 0. The third kappa shape index (κ3) is 3.04. The molecule has 3 aromatic carbocycles. The van der Waals surface area contributed by atoms with Crippen LogP contribution < -0.4 is 4.90 Å². The molecular formula is C28H21N3O5. The zero-order valence-corrected chi connectivity index (χ0v) is 19.3. The SMILES string of the molecule is Cc1cc([N+](=O)[O-])ccc1N1C(=O)[C@@H]2[C@H](C1=O)[C@@H]1c3ccccc3C=CN1[C@@H]2C(=O)c1ccccc1. The van der Waals surface area contributed by atoms with Gasteiger partial charge in [-0.25, -0.2) is 4.90 Å². The second kappa shape index (κ2) is 7.98. The minimum Gasteiger partial charge on any atom is -0.358 e. The fourth-order valence-corrected chi connectivity index (χ4v) is 5.87. The van der Waals surface area contributed by atoms with Crippen LogP contribution in [0, 0.1) is 28.9 Å². The first-order valence-electron chi connectivity index (χ1n) is 11.6. The van der Waals surface area contributed by atoms with Crippen molar-refractivity contribution < 1.29 is 19.3 Å². The van der Waals surface area contributed by atoms with Gasteiger partial charge in [-0.2, -0.15) is 0 Å². The predicted molar refractivity (Wildman–Crippen MR) is 132 cm³/mol. The highest BCUT2D eigenvalue weighted by molar-refractivity contribution is 6.25. The maximum absolute atomic E-state index is 13.9. The Balaban J connectivity index is 1.49. The molecule has 4 atom stereocenters. The number of carbonyl (C=O) groups excluding carboxylic acids is 3. The molecule has 3 heterocycles. The number of nitrogens with zero attached hydrogens (tertiary/aromatic N) is 3. The first-order chi connectivity index (χ1) is 17.4. The van der Waals surface area contributed by atoms with E-state index in [0.29, 0.717) is 16.8 Å². The number of ketones is 1. The molecule has 36 heavy (non-hydrogen) atoms. The van der Waals surface area contributed by atoms with Gasteiger partial charge in [-0.15, -0.1) is 0 Å². The summed E-state index contributed by atoms with van der Waals surface area (Å²) in [5.74, 6) is -2.74. The molecule has 8 nitrogen and oxygen atoms in total. The van der Waals surface area contributed by atoms with Gasteiger partial charge in [0.15, 0.2) is 5.78 Å². The van der Waals surface area contributed by atoms with Crippen molar-refractivity contribution in [1.29, 1.82) is 0 Å². The Bertz CT molecular complexity index is 1480. The molecule has 0 bridgehead atoms. The van der Waals surface area contributed by atoms with Crippen molar-refractivity contribution in [3.8, 4) is 0 Å². The van der Waals surface area contributed by atoms with E-state index in [1.807, 2.05) is 47.5 Å². The monoisotopic (exact) mass is 479 g/mol. The number of nitro benzene ring substituents is 1. The van der Waals surface area contributed by atoms with E-state index in [4.69, 9.17) is 0 Å². The quantitative estimate of drug-likeness (QED) is 0.239. The number of fused-ring (bicyclic) bond motifs is 5. The maximum atomic E-state index is 13.9. The van der Waals surface area contributed by atoms with Gasteiger partial charge in [-0.05, 0) is 35.8 Å². The topological polar surface area (TPSA) is 101 Å². The van der Waals surface area contributed by atoms with Crippen LogP contribution in [0.1, 0.15) is 33.1 Å². The van der Waals surface area contributed by atoms with E-state index in [1.165, 1.54) is 18.2 Å². The summed E-state index contributed by atoms with van der Waals surface area (Å²) in [5, 5.41) is 11.2. The third-order valence-electron chi connectivity index (χ3n) is 7.42. The Morgan fingerprint density at radius 1 is 0.917 bits per heavy atom. The molecule has 8 heteroatoms. The number of Topliss-reactive ketones (excluding diaryl/α,β-unsaturated/α-hetero) is 1. The van der Waals surface area contributed by atoms with Gasteiger partial charge in [0, 0.05) is 23.9 Å². The molecule has 3 aromatic rings. The van der Waals surface area contributed by atoms with Crippen molar-refractivity contribution in [3.05, 3.63) is 111 Å². The molecule has 0 spiro atoms. The van der Waals surface area contributed by atoms with Gasteiger partial charge in [0.1, 0.15) is 6.04 Å². The highest BCUT2D eigenvalue weighted by atomic mass is 16.6. The second-order valence-electron chi connectivity index (χ2n) is 9.30. The van der Waals surface area contributed by atoms with Crippen LogP contribution in [0.3, 0.4) is 0 Å². The molecule has 178 valence electrons. The minimum atomic E-state index is -0.888. The van der Waals surface area contributed by atoms with Crippen LogP contribution in [0.4, 0.5) is 11.4 Å². The third-order valence-corrected chi connectivity index (χ3v) is 7.42. The number of hydrogen-bond acceptors (Lipinski definition) is 6. The normalized spacial score (nSPS) is 23.9. The number of aryl methyl sites for hydroxylation is 1. The van der Waals surface area contributed by atoms with Crippen molar-refractivity contribution in [2.45, 2.75) is 19.0 Å². The lowest BCUT2D eigenvalue weighted by Gasteiger charge is -2.35. The van der Waals surface area contributed by atoms with E-state index in [0.717, 1.165) is 16.0 Å². The molecule has 0 radical (unpaired) electrons. The molecule has 2 fully saturated rings. The van der Waals surface area contributed by atoms with E-state index in [1.54, 1.807) is 31.2 Å². The zero-order chi connectivity index (χ0) is 25.1. The van der Waals surface area contributed by atoms with Gasteiger partial charge in [0.05, 0.1) is 28.5 Å². The van der Waals surface area contributed by atoms with Crippen LogP contribution >= 0.6 is 0 Å². The van der Waals surface area contributed by atoms with Crippen LogP contribution in [-0.4, -0.2) is 33.5 Å². The Labute approximate surface area is 206 Å². The lowest BCUT2D eigenvalue weighted by Crippen LogP contribution is -2.44. The highest BCUT2D eigenvalue weighted by Crippen LogP contribution is 2.54. The Morgan fingerprint density at radius 2 is 1.61 bits per heavy atom. The number of imide groups is 1. The van der Waals surface area contributed by atoms with Crippen molar-refractivity contribution in [2.24, 2.45) is 11.8 Å². The number of benzene rings is 3. The molecular weight excluding hydrogens is 458 g/mol. The van der Waals surface area contributed by atoms with E-state index in [-0.39, 0.29) is 11.5 Å². The van der Waals surface area contributed by atoms with Gasteiger partial charge in [0.25, 0.3) is 5.69 Å². The van der Waals surface area contributed by atoms with Crippen LogP contribution in [0.25, 0.3) is 6.08 Å². The maximum Gasteiger partial charge on any atom is 0.269 e. The number of hydrogen-bond donors (Lipinski definition) is 0. The van der Waals surface area contributed by atoms with Gasteiger partial charge in [0.2, 0.25) is 11.8 Å². The van der Waals surface area contributed by atoms with Crippen molar-refractivity contribution in [3.63, 3.8) is 0 Å². The summed E-state index contributed by atoms with van der Waals surface area (Å²) < 4.78 is 0. The Morgan fingerprint density at radius 3 is 2.33 bits per heavy atom. The van der Waals surface area contributed by atoms with Crippen LogP contribution in [0.15, 0.2) is 79.0 Å². The van der Waals surface area contributed by atoms with Gasteiger partial charge in [-0.1, -0.05) is 54.6 Å². The van der Waals surface area contributed by atoms with Crippen LogP contribution in [0.5, 0.6) is 0 Å². The fraction of sp³-hybridized carbons (Fsp3) is 0.179. The molecule has 0 aromatic heterocycles. The minimum absolute atomic E-state index is 0.120. The Kier molecular flexibility index (Phi) is 4.86. The average Bonchev–Trinajstić information content (AvgIpc) is 3.36. The summed E-state index contributed by atoms with van der Waals surface area (Å²) in [6.45, 7) is 1.63. The number of anilines is 1. The predicted octanol–water partition coefficient (Wildman–Crippen LogP) is 4.30. The summed E-state index contributed by atoms with van der Waals surface area (Å²) in [7, 11) is 0. The van der Waals surface area contributed by atoms with Crippen molar-refractivity contribution in [2.75, 3.05) is 4.90 Å². The van der Waals surface area contributed by atoms with Gasteiger partial charge in [-0.3, -0.25) is 24.5 Å². The lowest BCUT2D eigenvalue weighted by atomic mass is 9.83. The first kappa shape index (κ1) is 21.9. The van der Waals surface area contributed by atoms with E-state index in [2.05, 4.69) is 0 Å². The summed E-state index contributed by atoms with van der Waals surface area (Å²) in [6.07, 6.45) is 3.73. The average molecular weight is 479 g/mol. The van der Waals surface area contributed by atoms with Crippen molar-refractivity contribution in [1.82, 2.24) is 4.90 Å². The first-order valence-corrected chi connectivity index (χ1v) is 11.6. The lowest BCUT2D eigenvalue weighted by molar-refractivity contribution is -0.384. The number of non-ortho nitro benzene ring substituents is 1. The Hall–Kier alpha value is -4.59. The summed E-state index contributed by atoms with van der Waals surface area (Å²) in [5.41, 5.74) is 2.93. The number of carbonyl (C=O) groups is 3. The molecule has 3 aliphatic rings. The van der Waals surface area contributed by atoms with E-state index >= 15 is 0 Å². The van der Waals surface area contributed by atoms with Gasteiger partial charge >= 0.3 is 0 Å². The summed E-state index contributed by atoms with van der Waals surface area (Å²) in [4.78, 5) is 55.4. The fourth-order valence-electron chi connectivity index (χ4n) is 5.87. The standard InChI is InChI=1S/C28H21N3O5/c1-16-15-19(31(35)36)11-12-21(16)30-27(33)22-23(28(30)34)25(26(32)18-8-3-2-4-9-18)29-14-13-17-7-5-6-10-20(17)24(22)29/h2-15,22-25H,1H3/t22-,23+,24-,25-/m0/s1. The van der Waals surface area contributed by atoms with E-state index in [9.17, 15) is 24.5 Å². The molecule has 3 aliphatic heterocycles. The van der Waals surface area contributed by atoms with Crippen molar-refractivity contribution >= 4 is 35.0 Å². The largest absolute Gasteiger partial charge is 0.358 e.